The van der Waals surface area contributed by atoms with E-state index in [1.165, 1.54) is 0 Å². The van der Waals surface area contributed by atoms with Crippen LogP contribution >= 0.6 is 22.6 Å². The van der Waals surface area contributed by atoms with Crippen LogP contribution < -0.4 is 9.47 Å². The van der Waals surface area contributed by atoms with Crippen LogP contribution in [0.5, 0.6) is 11.5 Å². The van der Waals surface area contributed by atoms with Gasteiger partial charge >= 0.3 is 0 Å². The molecule has 3 rings (SSSR count). The number of rotatable bonds is 7. The summed E-state index contributed by atoms with van der Waals surface area (Å²) >= 11 is 2.17. The maximum absolute atomic E-state index is 12.4. The van der Waals surface area contributed by atoms with Crippen molar-refractivity contribution < 1.29 is 24.1 Å². The summed E-state index contributed by atoms with van der Waals surface area (Å²) in [6.45, 7) is 1.15. The minimum atomic E-state index is -0.102. The third-order valence-electron chi connectivity index (χ3n) is 3.54. The molecule has 0 saturated heterocycles. The maximum Gasteiger partial charge on any atom is 0.232 e. The third kappa shape index (κ3) is 4.59. The zero-order chi connectivity index (χ0) is 17.6. The van der Waals surface area contributed by atoms with E-state index in [1.54, 1.807) is 6.08 Å². The average molecular weight is 452 g/mol. The predicted molar refractivity (Wildman–Crippen MR) is 102 cm³/mol. The Morgan fingerprint density at radius 3 is 2.64 bits per heavy atom. The lowest BCUT2D eigenvalue weighted by atomic mass is 10.1. The maximum atomic E-state index is 12.4. The van der Waals surface area contributed by atoms with Gasteiger partial charge in [-0.25, -0.2) is 0 Å². The fourth-order valence-electron chi connectivity index (χ4n) is 2.36. The summed E-state index contributed by atoms with van der Waals surface area (Å²) in [4.78, 5) is 12.4. The van der Waals surface area contributed by atoms with Crippen LogP contribution in [0.4, 0.5) is 0 Å². The molecule has 0 atom stereocenters. The SMILES string of the molecule is O=C1/C(=C/c2ccc(OCCOCCO)cc2)Oc2ccc(I)cc21. The van der Waals surface area contributed by atoms with E-state index in [-0.39, 0.29) is 12.4 Å². The molecule has 1 aliphatic heterocycles. The van der Waals surface area contributed by atoms with Gasteiger partial charge in [0, 0.05) is 3.57 Å². The first-order chi connectivity index (χ1) is 12.2. The number of carbonyl (C=O) groups is 1. The minimum Gasteiger partial charge on any atom is -0.491 e. The van der Waals surface area contributed by atoms with Gasteiger partial charge in [-0.3, -0.25) is 4.79 Å². The highest BCUT2D eigenvalue weighted by Gasteiger charge is 2.27. The van der Waals surface area contributed by atoms with Crippen molar-refractivity contribution in [3.8, 4) is 11.5 Å². The van der Waals surface area contributed by atoms with E-state index in [0.717, 1.165) is 9.13 Å². The van der Waals surface area contributed by atoms with E-state index in [4.69, 9.17) is 19.3 Å². The first-order valence-electron chi connectivity index (χ1n) is 7.82. The van der Waals surface area contributed by atoms with Crippen molar-refractivity contribution in [3.05, 3.63) is 62.9 Å². The molecule has 2 aromatic carbocycles. The number of ketones is 1. The Hall–Kier alpha value is -1.90. The highest BCUT2D eigenvalue weighted by Crippen LogP contribution is 2.33. The Labute approximate surface area is 159 Å². The Morgan fingerprint density at radius 1 is 1.08 bits per heavy atom. The van der Waals surface area contributed by atoms with Gasteiger partial charge in [-0.15, -0.1) is 0 Å². The lowest BCUT2D eigenvalue weighted by Gasteiger charge is -2.06. The first kappa shape index (κ1) is 17.9. The predicted octanol–water partition coefficient (Wildman–Crippen LogP) is 3.30. The van der Waals surface area contributed by atoms with Gasteiger partial charge in [0.15, 0.2) is 5.76 Å². The van der Waals surface area contributed by atoms with Gasteiger partial charge in [-0.05, 0) is 64.6 Å². The van der Waals surface area contributed by atoms with E-state index in [1.807, 2.05) is 42.5 Å². The summed E-state index contributed by atoms with van der Waals surface area (Å²) in [6.07, 6.45) is 1.73. The number of ether oxygens (including phenoxy) is 3. The minimum absolute atomic E-state index is 0.00712. The molecule has 1 aliphatic rings. The Balaban J connectivity index is 1.62. The fourth-order valence-corrected chi connectivity index (χ4v) is 2.85. The van der Waals surface area contributed by atoms with E-state index in [9.17, 15) is 4.79 Å². The van der Waals surface area contributed by atoms with Gasteiger partial charge in [0.1, 0.15) is 18.1 Å². The number of fused-ring (bicyclic) bond motifs is 1. The van der Waals surface area contributed by atoms with Gasteiger partial charge < -0.3 is 19.3 Å². The molecule has 0 saturated carbocycles. The van der Waals surface area contributed by atoms with Crippen molar-refractivity contribution in [2.75, 3.05) is 26.4 Å². The number of aliphatic hydroxyl groups is 1. The number of Topliss-reactive ketones (excluding diaryl/α,β-unsaturated/α-hetero) is 1. The summed E-state index contributed by atoms with van der Waals surface area (Å²) < 4.78 is 17.3. The standard InChI is InChI=1S/C19H17IO5/c20-14-3-6-17-16(12-14)19(22)18(25-17)11-13-1-4-15(5-2-13)24-10-9-23-8-7-21/h1-6,11-12,21H,7-10H2/b18-11-. The number of allylic oxidation sites excluding steroid dienone is 1. The molecule has 5 nitrogen and oxygen atoms in total. The van der Waals surface area contributed by atoms with E-state index in [2.05, 4.69) is 22.6 Å². The van der Waals surface area contributed by atoms with Gasteiger partial charge in [-0.1, -0.05) is 12.1 Å². The molecule has 0 bridgehead atoms. The quantitative estimate of drug-likeness (QED) is 0.397. The number of aliphatic hydroxyl groups excluding tert-OH is 1. The summed E-state index contributed by atoms with van der Waals surface area (Å²) in [6, 6.07) is 12.9. The number of halogens is 1. The number of hydrogen-bond donors (Lipinski definition) is 1. The second-order valence-electron chi connectivity index (χ2n) is 5.33. The van der Waals surface area contributed by atoms with Crippen molar-refractivity contribution in [2.45, 2.75) is 0 Å². The number of carbonyl (C=O) groups excluding carboxylic acids is 1. The van der Waals surface area contributed by atoms with Crippen LogP contribution in [0.25, 0.3) is 6.08 Å². The second-order valence-corrected chi connectivity index (χ2v) is 6.58. The molecule has 25 heavy (non-hydrogen) atoms. The smallest absolute Gasteiger partial charge is 0.232 e. The Morgan fingerprint density at radius 2 is 1.88 bits per heavy atom. The number of hydrogen-bond acceptors (Lipinski definition) is 5. The van der Waals surface area contributed by atoms with Gasteiger partial charge in [0.2, 0.25) is 5.78 Å². The molecule has 0 fully saturated rings. The molecule has 6 heteroatoms. The average Bonchev–Trinajstić information content (AvgIpc) is 2.92. The molecule has 0 aliphatic carbocycles. The van der Waals surface area contributed by atoms with Crippen LogP contribution in [0.15, 0.2) is 48.2 Å². The Bertz CT molecular complexity index is 783. The van der Waals surface area contributed by atoms with E-state index < -0.39 is 0 Å². The third-order valence-corrected chi connectivity index (χ3v) is 4.21. The summed E-state index contributed by atoms with van der Waals surface area (Å²) in [5.41, 5.74) is 1.45. The fraction of sp³-hybridized carbons (Fsp3) is 0.211. The van der Waals surface area contributed by atoms with Crippen LogP contribution in [0.3, 0.4) is 0 Å². The van der Waals surface area contributed by atoms with Crippen molar-refractivity contribution >= 4 is 34.5 Å². The van der Waals surface area contributed by atoms with Crippen molar-refractivity contribution in [3.63, 3.8) is 0 Å². The highest BCUT2D eigenvalue weighted by molar-refractivity contribution is 14.1. The van der Waals surface area contributed by atoms with Crippen molar-refractivity contribution in [1.29, 1.82) is 0 Å². The van der Waals surface area contributed by atoms with Gasteiger partial charge in [-0.2, -0.15) is 0 Å². The summed E-state index contributed by atoms with van der Waals surface area (Å²) in [5, 5.41) is 8.61. The van der Waals surface area contributed by atoms with Crippen LogP contribution in [0.1, 0.15) is 15.9 Å². The van der Waals surface area contributed by atoms with Gasteiger partial charge in [0.25, 0.3) is 0 Å². The molecule has 2 aromatic rings. The molecular formula is C19H17IO5. The van der Waals surface area contributed by atoms with Crippen molar-refractivity contribution in [2.24, 2.45) is 0 Å². The van der Waals surface area contributed by atoms with Crippen LogP contribution in [-0.2, 0) is 4.74 Å². The second kappa shape index (κ2) is 8.46. The van der Waals surface area contributed by atoms with Gasteiger partial charge in [0.05, 0.1) is 25.4 Å². The molecule has 0 unspecified atom stereocenters. The lowest BCUT2D eigenvalue weighted by molar-refractivity contribution is 0.0705. The van der Waals surface area contributed by atoms with E-state index >= 15 is 0 Å². The zero-order valence-corrected chi connectivity index (χ0v) is 15.6. The van der Waals surface area contributed by atoms with Crippen LogP contribution in [0, 0.1) is 3.57 Å². The first-order valence-corrected chi connectivity index (χ1v) is 8.90. The molecule has 0 spiro atoms. The molecule has 1 N–H and O–H groups in total. The zero-order valence-electron chi connectivity index (χ0n) is 13.4. The molecular weight excluding hydrogens is 435 g/mol. The van der Waals surface area contributed by atoms with Crippen LogP contribution in [-0.4, -0.2) is 37.3 Å². The normalized spacial score (nSPS) is 14.5. The molecule has 0 amide bonds. The summed E-state index contributed by atoms with van der Waals surface area (Å²) in [5.74, 6) is 1.53. The summed E-state index contributed by atoms with van der Waals surface area (Å²) in [7, 11) is 0. The van der Waals surface area contributed by atoms with E-state index in [0.29, 0.717) is 42.6 Å². The van der Waals surface area contributed by atoms with Crippen LogP contribution in [0.2, 0.25) is 0 Å². The monoisotopic (exact) mass is 452 g/mol. The molecule has 0 radical (unpaired) electrons. The highest BCUT2D eigenvalue weighted by atomic mass is 127. The largest absolute Gasteiger partial charge is 0.491 e. The Kier molecular flexibility index (Phi) is 6.06. The number of benzene rings is 2. The topological polar surface area (TPSA) is 65.0 Å². The molecule has 1 heterocycles. The van der Waals surface area contributed by atoms with Crippen molar-refractivity contribution in [1.82, 2.24) is 0 Å². The molecule has 130 valence electrons. The lowest BCUT2D eigenvalue weighted by Crippen LogP contribution is -2.09. The molecule has 0 aromatic heterocycles.